The summed E-state index contributed by atoms with van der Waals surface area (Å²) >= 11 is 0. The number of ether oxygens (including phenoxy) is 1. The molecule has 0 bridgehead atoms. The predicted octanol–water partition coefficient (Wildman–Crippen LogP) is 11.4. The average Bonchev–Trinajstić information content (AvgIpc) is 2.96. The molecule has 2 aliphatic rings. The smallest absolute Gasteiger partial charge is 0.0825 e. The van der Waals surface area contributed by atoms with Crippen molar-refractivity contribution in [2.45, 2.75) is 135 Å². The predicted molar refractivity (Wildman–Crippen MR) is 160 cm³/mol. The van der Waals surface area contributed by atoms with Crippen LogP contribution in [0.25, 0.3) is 11.1 Å². The molecule has 2 atom stereocenters. The fraction of sp³-hybridized carbons (Fsp3) is 0.667. The first-order valence-electron chi connectivity index (χ1n) is 16.1. The molecule has 4 rings (SSSR count). The van der Waals surface area contributed by atoms with Gasteiger partial charge in [-0.2, -0.15) is 0 Å². The molecule has 1 aliphatic carbocycles. The second-order valence-electron chi connectivity index (χ2n) is 12.3. The zero-order valence-corrected chi connectivity index (χ0v) is 24.1. The minimum Gasteiger partial charge on any atom is -0.373 e. The summed E-state index contributed by atoms with van der Waals surface area (Å²) in [5.41, 5.74) is 5.58. The Balaban J connectivity index is 1.20. The van der Waals surface area contributed by atoms with Gasteiger partial charge in [-0.3, -0.25) is 0 Å². The first-order valence-corrected chi connectivity index (χ1v) is 16.1. The molecule has 1 saturated carbocycles. The molecule has 0 aromatic heterocycles. The number of hydrogen-bond donors (Lipinski definition) is 0. The molecular weight excluding hydrogens is 448 g/mol. The molecule has 1 aliphatic heterocycles. The second kappa shape index (κ2) is 15.7. The van der Waals surface area contributed by atoms with Gasteiger partial charge in [0, 0.05) is 0 Å². The van der Waals surface area contributed by atoms with Crippen LogP contribution in [-0.4, -0.2) is 6.61 Å². The lowest BCUT2D eigenvalue weighted by Gasteiger charge is -2.29. The molecular formula is C36H54O. The Morgan fingerprint density at radius 3 is 1.62 bits per heavy atom. The molecule has 37 heavy (non-hydrogen) atoms. The van der Waals surface area contributed by atoms with Crippen LogP contribution in [0, 0.1) is 11.8 Å². The van der Waals surface area contributed by atoms with E-state index in [0.29, 0.717) is 0 Å². The van der Waals surface area contributed by atoms with Gasteiger partial charge in [0.25, 0.3) is 0 Å². The molecule has 0 spiro atoms. The molecule has 1 heterocycles. The Morgan fingerprint density at radius 1 is 0.541 bits per heavy atom. The minimum absolute atomic E-state index is 0.287. The summed E-state index contributed by atoms with van der Waals surface area (Å²) in [7, 11) is 0. The molecule has 2 fully saturated rings. The standard InChI is InChI=1S/C36H54O/c1-3-5-7-9-11-13-30-16-27-36(37-28-30)35-25-23-34(24-26-35)33-21-19-32(20-22-33)31-17-14-29(15-18-31)12-10-8-6-4-2/h19-26,29-31,36H,3-18,27-28H2,1-2H3. The monoisotopic (exact) mass is 502 g/mol. The third kappa shape index (κ3) is 8.98. The van der Waals surface area contributed by atoms with Crippen LogP contribution in [0.2, 0.25) is 0 Å². The highest BCUT2D eigenvalue weighted by Crippen LogP contribution is 2.39. The van der Waals surface area contributed by atoms with Gasteiger partial charge in [0.15, 0.2) is 0 Å². The lowest BCUT2D eigenvalue weighted by Crippen LogP contribution is -2.20. The number of rotatable bonds is 14. The van der Waals surface area contributed by atoms with E-state index >= 15 is 0 Å². The first kappa shape index (κ1) is 28.4. The molecule has 1 nitrogen and oxygen atoms in total. The van der Waals surface area contributed by atoms with E-state index in [1.54, 1.807) is 5.56 Å². The summed E-state index contributed by atoms with van der Waals surface area (Å²) in [6.07, 6.45) is 23.8. The zero-order chi connectivity index (χ0) is 25.7. The van der Waals surface area contributed by atoms with Crippen molar-refractivity contribution in [3.8, 4) is 11.1 Å². The molecule has 1 heteroatoms. The van der Waals surface area contributed by atoms with Gasteiger partial charge in [-0.25, -0.2) is 0 Å². The highest BCUT2D eigenvalue weighted by atomic mass is 16.5. The quantitative estimate of drug-likeness (QED) is 0.233. The van der Waals surface area contributed by atoms with Gasteiger partial charge < -0.3 is 4.74 Å². The number of benzene rings is 2. The molecule has 0 amide bonds. The van der Waals surface area contributed by atoms with Gasteiger partial charge in [0.1, 0.15) is 0 Å². The highest BCUT2D eigenvalue weighted by molar-refractivity contribution is 5.64. The molecule has 1 saturated heterocycles. The number of unbranched alkanes of at least 4 members (excludes halogenated alkanes) is 7. The summed E-state index contributed by atoms with van der Waals surface area (Å²) in [4.78, 5) is 0. The van der Waals surface area contributed by atoms with Crippen molar-refractivity contribution in [3.05, 3.63) is 59.7 Å². The molecule has 2 aromatic rings. The third-order valence-corrected chi connectivity index (χ3v) is 9.40. The van der Waals surface area contributed by atoms with E-state index in [9.17, 15) is 0 Å². The fourth-order valence-corrected chi connectivity index (χ4v) is 6.82. The van der Waals surface area contributed by atoms with Gasteiger partial charge >= 0.3 is 0 Å². The van der Waals surface area contributed by atoms with E-state index in [2.05, 4.69) is 62.4 Å². The van der Waals surface area contributed by atoms with Gasteiger partial charge in [-0.05, 0) is 85.0 Å². The van der Waals surface area contributed by atoms with Crippen molar-refractivity contribution in [2.24, 2.45) is 11.8 Å². The SMILES string of the molecule is CCCCCCCC1CCC(c2ccc(-c3ccc(C4CCC(CCCCCC)CC4)cc3)cc2)OC1. The van der Waals surface area contributed by atoms with E-state index < -0.39 is 0 Å². The van der Waals surface area contributed by atoms with Crippen molar-refractivity contribution < 1.29 is 4.74 Å². The van der Waals surface area contributed by atoms with Crippen molar-refractivity contribution in [3.63, 3.8) is 0 Å². The summed E-state index contributed by atoms with van der Waals surface area (Å²) in [5.74, 6) is 2.53. The zero-order valence-electron chi connectivity index (χ0n) is 24.1. The lowest BCUT2D eigenvalue weighted by molar-refractivity contribution is -0.0199. The van der Waals surface area contributed by atoms with Crippen LogP contribution >= 0.6 is 0 Å². The van der Waals surface area contributed by atoms with Crippen LogP contribution in [0.4, 0.5) is 0 Å². The molecule has 0 radical (unpaired) electrons. The maximum atomic E-state index is 6.32. The van der Waals surface area contributed by atoms with Crippen molar-refractivity contribution in [1.82, 2.24) is 0 Å². The normalized spacial score (nSPS) is 24.3. The average molecular weight is 503 g/mol. The largest absolute Gasteiger partial charge is 0.373 e. The van der Waals surface area contributed by atoms with Crippen molar-refractivity contribution in [1.29, 1.82) is 0 Å². The fourth-order valence-electron chi connectivity index (χ4n) is 6.82. The van der Waals surface area contributed by atoms with E-state index in [4.69, 9.17) is 4.74 Å². The van der Waals surface area contributed by atoms with E-state index in [1.807, 2.05) is 0 Å². The molecule has 0 N–H and O–H groups in total. The van der Waals surface area contributed by atoms with Crippen LogP contribution in [0.3, 0.4) is 0 Å². The van der Waals surface area contributed by atoms with Crippen LogP contribution in [0.1, 0.15) is 146 Å². The third-order valence-electron chi connectivity index (χ3n) is 9.40. The van der Waals surface area contributed by atoms with Gasteiger partial charge in [-0.15, -0.1) is 0 Å². The van der Waals surface area contributed by atoms with Gasteiger partial charge in [0.05, 0.1) is 12.7 Å². The Kier molecular flexibility index (Phi) is 12.1. The van der Waals surface area contributed by atoms with E-state index in [0.717, 1.165) is 24.4 Å². The summed E-state index contributed by atoms with van der Waals surface area (Å²) < 4.78 is 6.32. The summed E-state index contributed by atoms with van der Waals surface area (Å²) in [6, 6.07) is 18.7. The molecule has 204 valence electrons. The van der Waals surface area contributed by atoms with Crippen LogP contribution in [0.5, 0.6) is 0 Å². The van der Waals surface area contributed by atoms with E-state index in [1.165, 1.54) is 126 Å². The minimum atomic E-state index is 0.287. The van der Waals surface area contributed by atoms with Crippen LogP contribution in [0.15, 0.2) is 48.5 Å². The summed E-state index contributed by atoms with van der Waals surface area (Å²) in [6.45, 7) is 5.55. The Bertz CT molecular complexity index is 851. The topological polar surface area (TPSA) is 9.23 Å². The number of hydrogen-bond acceptors (Lipinski definition) is 1. The second-order valence-corrected chi connectivity index (χ2v) is 12.3. The Hall–Kier alpha value is -1.60. The van der Waals surface area contributed by atoms with Crippen LogP contribution in [-0.2, 0) is 4.74 Å². The highest BCUT2D eigenvalue weighted by Gasteiger charge is 2.23. The lowest BCUT2D eigenvalue weighted by atomic mass is 9.77. The van der Waals surface area contributed by atoms with Gasteiger partial charge in [-0.1, -0.05) is 127 Å². The van der Waals surface area contributed by atoms with Crippen LogP contribution < -0.4 is 0 Å². The van der Waals surface area contributed by atoms with Crippen molar-refractivity contribution in [2.75, 3.05) is 6.61 Å². The molecule has 2 aromatic carbocycles. The maximum Gasteiger partial charge on any atom is 0.0825 e. The maximum absolute atomic E-state index is 6.32. The Morgan fingerprint density at radius 2 is 1.05 bits per heavy atom. The molecule has 2 unspecified atom stereocenters. The van der Waals surface area contributed by atoms with Crippen molar-refractivity contribution >= 4 is 0 Å². The first-order chi connectivity index (χ1) is 18.3. The van der Waals surface area contributed by atoms with Gasteiger partial charge in [0.2, 0.25) is 0 Å². The summed E-state index contributed by atoms with van der Waals surface area (Å²) in [5, 5.41) is 0. The van der Waals surface area contributed by atoms with E-state index in [-0.39, 0.29) is 6.10 Å². The Labute approximate surface area is 228 Å².